The van der Waals surface area contributed by atoms with Gasteiger partial charge in [-0.05, 0) is 12.1 Å². The fourth-order valence-electron chi connectivity index (χ4n) is 1.45. The first-order valence-electron chi connectivity index (χ1n) is 5.11. The maximum Gasteiger partial charge on any atom is 0.169 e. The summed E-state index contributed by atoms with van der Waals surface area (Å²) in [4.78, 5) is 7.78. The van der Waals surface area contributed by atoms with Gasteiger partial charge in [-0.3, -0.25) is 0 Å². The second-order valence-corrected chi connectivity index (χ2v) is 3.99. The van der Waals surface area contributed by atoms with Crippen LogP contribution in [0.25, 0.3) is 0 Å². The van der Waals surface area contributed by atoms with E-state index in [2.05, 4.69) is 15.3 Å². The van der Waals surface area contributed by atoms with E-state index >= 15 is 0 Å². The molecule has 0 spiro atoms. The van der Waals surface area contributed by atoms with E-state index in [1.165, 1.54) is 12.4 Å². The Morgan fingerprint density at radius 1 is 1.33 bits per heavy atom. The molecule has 1 heterocycles. The molecule has 0 atom stereocenters. The minimum Gasteiger partial charge on any atom is -0.397 e. The Morgan fingerprint density at radius 3 is 2.78 bits per heavy atom. The summed E-state index contributed by atoms with van der Waals surface area (Å²) in [6.07, 6.45) is 3.01. The Kier molecular flexibility index (Phi) is 3.47. The second kappa shape index (κ2) is 5.05. The summed E-state index contributed by atoms with van der Waals surface area (Å²) in [5.41, 5.74) is 12.3. The second-order valence-electron chi connectivity index (χ2n) is 3.61. The van der Waals surface area contributed by atoms with Crippen molar-refractivity contribution in [3.63, 3.8) is 0 Å². The maximum atomic E-state index is 13.8. The number of hydrogen-bond acceptors (Lipinski definition) is 5. The monoisotopic (exact) mass is 267 g/mol. The molecule has 0 unspecified atom stereocenters. The molecule has 0 aliphatic heterocycles. The molecule has 1 aromatic carbocycles. The van der Waals surface area contributed by atoms with Gasteiger partial charge in [0.05, 0.1) is 29.3 Å². The number of rotatable bonds is 3. The van der Waals surface area contributed by atoms with Gasteiger partial charge in [0.15, 0.2) is 5.82 Å². The predicted octanol–water partition coefficient (Wildman–Crippen LogP) is 2.05. The van der Waals surface area contributed by atoms with Gasteiger partial charge >= 0.3 is 0 Å². The molecule has 0 bridgehead atoms. The summed E-state index contributed by atoms with van der Waals surface area (Å²) in [7, 11) is 0. The van der Waals surface area contributed by atoms with Gasteiger partial charge in [-0.2, -0.15) is 0 Å². The van der Waals surface area contributed by atoms with E-state index in [9.17, 15) is 4.39 Å². The molecule has 0 saturated heterocycles. The maximum absolute atomic E-state index is 13.8. The molecule has 0 aliphatic carbocycles. The molecule has 0 fully saturated rings. The molecule has 5 N–H and O–H groups in total. The van der Waals surface area contributed by atoms with Crippen molar-refractivity contribution in [2.24, 2.45) is 0 Å². The zero-order valence-corrected chi connectivity index (χ0v) is 10.1. The van der Waals surface area contributed by atoms with E-state index in [0.717, 1.165) is 0 Å². The summed E-state index contributed by atoms with van der Waals surface area (Å²) in [6, 6.07) is 3.12. The number of nitrogens with one attached hydrogen (secondary N) is 1. The first kappa shape index (κ1) is 12.4. The van der Waals surface area contributed by atoms with Crippen LogP contribution in [0, 0.1) is 5.82 Å². The van der Waals surface area contributed by atoms with E-state index in [-0.39, 0.29) is 22.1 Å². The van der Waals surface area contributed by atoms with Crippen LogP contribution in [0.5, 0.6) is 0 Å². The Labute approximate surface area is 108 Å². The predicted molar refractivity (Wildman–Crippen MR) is 69.6 cm³/mol. The van der Waals surface area contributed by atoms with Crippen molar-refractivity contribution >= 4 is 28.7 Å². The van der Waals surface area contributed by atoms with E-state index in [4.69, 9.17) is 23.1 Å². The molecule has 2 rings (SSSR count). The van der Waals surface area contributed by atoms with E-state index in [1.54, 1.807) is 12.3 Å². The molecule has 18 heavy (non-hydrogen) atoms. The first-order valence-corrected chi connectivity index (χ1v) is 5.49. The number of benzene rings is 1. The number of hydrogen-bond donors (Lipinski definition) is 3. The smallest absolute Gasteiger partial charge is 0.169 e. The average Bonchev–Trinajstić information content (AvgIpc) is 2.37. The quantitative estimate of drug-likeness (QED) is 0.741. The van der Waals surface area contributed by atoms with Crippen LogP contribution in [0.15, 0.2) is 24.7 Å². The first-order chi connectivity index (χ1) is 8.59. The van der Waals surface area contributed by atoms with Gasteiger partial charge in [-0.25, -0.2) is 14.4 Å². The molecular formula is C11H11ClFN5. The molecule has 0 aliphatic rings. The van der Waals surface area contributed by atoms with Crippen LogP contribution < -0.4 is 16.8 Å². The molecule has 0 saturated carbocycles. The molecule has 7 heteroatoms. The standard InChI is InChI=1S/C11H11ClFN5/c12-9-7(14)3-8(15)11(10(9)13)17-4-6-1-2-16-5-18-6/h1-3,5,17H,4,14-15H2. The summed E-state index contributed by atoms with van der Waals surface area (Å²) in [5, 5.41) is 2.69. The molecule has 0 radical (unpaired) electrons. The molecule has 94 valence electrons. The van der Waals surface area contributed by atoms with Crippen molar-refractivity contribution in [1.29, 1.82) is 0 Å². The van der Waals surface area contributed by atoms with Crippen LogP contribution in [-0.2, 0) is 6.54 Å². The minimum atomic E-state index is -0.664. The van der Waals surface area contributed by atoms with Crippen molar-refractivity contribution in [3.8, 4) is 0 Å². The van der Waals surface area contributed by atoms with Gasteiger partial charge in [0, 0.05) is 6.20 Å². The fraction of sp³-hybridized carbons (Fsp3) is 0.0909. The van der Waals surface area contributed by atoms with Crippen molar-refractivity contribution in [2.75, 3.05) is 16.8 Å². The summed E-state index contributed by atoms with van der Waals surface area (Å²) < 4.78 is 13.8. The molecule has 5 nitrogen and oxygen atoms in total. The van der Waals surface area contributed by atoms with Crippen molar-refractivity contribution in [2.45, 2.75) is 6.54 Å². The third-order valence-electron chi connectivity index (χ3n) is 2.35. The van der Waals surface area contributed by atoms with E-state index in [1.807, 2.05) is 0 Å². The zero-order valence-electron chi connectivity index (χ0n) is 9.32. The molecular weight excluding hydrogens is 257 g/mol. The number of nitrogens with two attached hydrogens (primary N) is 2. The molecule has 0 amide bonds. The number of anilines is 3. The van der Waals surface area contributed by atoms with Crippen LogP contribution in [0.4, 0.5) is 21.5 Å². The lowest BCUT2D eigenvalue weighted by atomic mass is 10.2. The summed E-state index contributed by atoms with van der Waals surface area (Å²) in [6.45, 7) is 0.309. The van der Waals surface area contributed by atoms with Crippen molar-refractivity contribution in [1.82, 2.24) is 9.97 Å². The third-order valence-corrected chi connectivity index (χ3v) is 2.74. The Balaban J connectivity index is 2.22. The van der Waals surface area contributed by atoms with Gasteiger partial charge in [-0.1, -0.05) is 11.6 Å². The van der Waals surface area contributed by atoms with Crippen LogP contribution >= 0.6 is 11.6 Å². The fourth-order valence-corrected chi connectivity index (χ4v) is 1.60. The molecule has 1 aromatic heterocycles. The SMILES string of the molecule is Nc1cc(N)c(NCc2ccncn2)c(F)c1Cl. The highest BCUT2D eigenvalue weighted by Crippen LogP contribution is 2.33. The van der Waals surface area contributed by atoms with Gasteiger partial charge in [0.25, 0.3) is 0 Å². The van der Waals surface area contributed by atoms with E-state index < -0.39 is 5.82 Å². The lowest BCUT2D eigenvalue weighted by Crippen LogP contribution is -2.07. The number of nitrogen functional groups attached to an aromatic ring is 2. The number of nitrogens with zero attached hydrogens (tertiary/aromatic N) is 2. The van der Waals surface area contributed by atoms with Crippen LogP contribution in [-0.4, -0.2) is 9.97 Å². The largest absolute Gasteiger partial charge is 0.397 e. The third kappa shape index (κ3) is 2.43. The zero-order chi connectivity index (χ0) is 13.1. The molecule has 2 aromatic rings. The number of aromatic nitrogens is 2. The average molecular weight is 268 g/mol. The van der Waals surface area contributed by atoms with Gasteiger partial charge in [0.2, 0.25) is 0 Å². The van der Waals surface area contributed by atoms with E-state index in [0.29, 0.717) is 12.2 Å². The van der Waals surface area contributed by atoms with Crippen molar-refractivity contribution < 1.29 is 4.39 Å². The number of halogens is 2. The summed E-state index contributed by atoms with van der Waals surface area (Å²) in [5.74, 6) is -0.664. The highest BCUT2D eigenvalue weighted by atomic mass is 35.5. The van der Waals surface area contributed by atoms with Gasteiger partial charge in [0.1, 0.15) is 11.3 Å². The highest BCUT2D eigenvalue weighted by Gasteiger charge is 2.13. The van der Waals surface area contributed by atoms with Crippen LogP contribution in [0.3, 0.4) is 0 Å². The Hall–Kier alpha value is -2.08. The van der Waals surface area contributed by atoms with Gasteiger partial charge < -0.3 is 16.8 Å². The minimum absolute atomic E-state index is 0.110. The lowest BCUT2D eigenvalue weighted by Gasteiger charge is -2.12. The lowest BCUT2D eigenvalue weighted by molar-refractivity contribution is 0.631. The van der Waals surface area contributed by atoms with Crippen LogP contribution in [0.2, 0.25) is 5.02 Å². The summed E-state index contributed by atoms with van der Waals surface area (Å²) >= 11 is 5.72. The topological polar surface area (TPSA) is 89.8 Å². The highest BCUT2D eigenvalue weighted by molar-refractivity contribution is 6.33. The Morgan fingerprint density at radius 2 is 2.11 bits per heavy atom. The Bertz CT molecular complexity index is 561. The van der Waals surface area contributed by atoms with Crippen LogP contribution in [0.1, 0.15) is 5.69 Å². The van der Waals surface area contributed by atoms with Crippen molar-refractivity contribution in [3.05, 3.63) is 41.2 Å². The normalized spacial score (nSPS) is 10.3. The van der Waals surface area contributed by atoms with Gasteiger partial charge in [-0.15, -0.1) is 0 Å².